The highest BCUT2D eigenvalue weighted by atomic mass is 32.2. The molecule has 1 saturated heterocycles. The molecular weight excluding hydrogens is 651 g/mol. The van der Waals surface area contributed by atoms with Gasteiger partial charge in [0, 0.05) is 41.1 Å². The summed E-state index contributed by atoms with van der Waals surface area (Å²) >= 11 is 1.62. The van der Waals surface area contributed by atoms with Crippen LogP contribution in [0.15, 0.2) is 136 Å². The fourth-order valence-electron chi connectivity index (χ4n) is 6.00. The zero-order valence-corrected chi connectivity index (χ0v) is 29.1. The number of thioether (sulfide) groups is 1. The van der Waals surface area contributed by atoms with E-state index in [-0.39, 0.29) is 10.8 Å². The topological polar surface area (TPSA) is 87.9 Å². The van der Waals surface area contributed by atoms with E-state index >= 15 is 0 Å². The summed E-state index contributed by atoms with van der Waals surface area (Å²) in [5.74, 6) is 0.754. The minimum absolute atomic E-state index is 0.233. The Labute approximate surface area is 291 Å². The Hall–Kier alpha value is -4.77. The average Bonchev–Trinajstić information content (AvgIpc) is 3.70. The third kappa shape index (κ3) is 7.03. The number of benzene rings is 4. The molecule has 3 heterocycles. The minimum Gasteiger partial charge on any atom is -0.267 e. The van der Waals surface area contributed by atoms with Crippen LogP contribution in [0.5, 0.6) is 0 Å². The lowest BCUT2D eigenvalue weighted by atomic mass is 10.0. The Morgan fingerprint density at radius 3 is 2.22 bits per heavy atom. The Morgan fingerprint density at radius 1 is 0.857 bits per heavy atom. The fraction of sp³-hybridized carbons (Fsp3) is 0.205. The molecule has 49 heavy (non-hydrogen) atoms. The molecule has 0 atom stereocenters. The molecule has 0 N–H and O–H groups in total. The molecule has 1 aromatic heterocycles. The van der Waals surface area contributed by atoms with E-state index in [0.717, 1.165) is 23.4 Å². The SMILES string of the molecule is Cc1ccc(SCC2=NN(c3ccccc3)C(=O)/C2=C\c2cn(-c3ccccc3)nc2-c2cccc(S(=O)(=O)N3CCC(C)CC3)c2)cc1. The number of hydrogen-bond donors (Lipinski definition) is 0. The van der Waals surface area contributed by atoms with Gasteiger partial charge in [0.2, 0.25) is 10.0 Å². The van der Waals surface area contributed by atoms with E-state index in [9.17, 15) is 13.2 Å². The van der Waals surface area contributed by atoms with E-state index in [1.54, 1.807) is 38.9 Å². The molecule has 0 radical (unpaired) electrons. The first kappa shape index (κ1) is 32.8. The molecule has 248 valence electrons. The van der Waals surface area contributed by atoms with Crippen LogP contribution in [0.3, 0.4) is 0 Å². The lowest BCUT2D eigenvalue weighted by Gasteiger charge is -2.29. The third-order valence-electron chi connectivity index (χ3n) is 8.90. The van der Waals surface area contributed by atoms with Crippen molar-refractivity contribution in [2.75, 3.05) is 23.9 Å². The van der Waals surface area contributed by atoms with Crippen LogP contribution >= 0.6 is 11.8 Å². The van der Waals surface area contributed by atoms with Crippen molar-refractivity contribution in [1.29, 1.82) is 0 Å². The van der Waals surface area contributed by atoms with Crippen LogP contribution in [0.1, 0.15) is 30.9 Å². The molecule has 0 unspecified atom stereocenters. The number of para-hydroxylation sites is 2. The van der Waals surface area contributed by atoms with E-state index in [2.05, 4.69) is 38.1 Å². The molecule has 5 aromatic rings. The van der Waals surface area contributed by atoms with Crippen molar-refractivity contribution in [3.63, 3.8) is 0 Å². The minimum atomic E-state index is -3.69. The second-order valence-electron chi connectivity index (χ2n) is 12.5. The van der Waals surface area contributed by atoms with Gasteiger partial charge in [0.25, 0.3) is 5.91 Å². The van der Waals surface area contributed by atoms with Gasteiger partial charge < -0.3 is 0 Å². The van der Waals surface area contributed by atoms with Gasteiger partial charge in [-0.25, -0.2) is 13.1 Å². The van der Waals surface area contributed by atoms with Gasteiger partial charge in [-0.05, 0) is 80.3 Å². The fourth-order valence-corrected chi connectivity index (χ4v) is 8.36. The largest absolute Gasteiger partial charge is 0.280 e. The first-order valence-electron chi connectivity index (χ1n) is 16.4. The standard InChI is InChI=1S/C39H37N5O3S2/c1-28-16-18-34(19-17-28)48-27-37-36(39(45)44(40-37)33-13-7-4-8-14-33)25-31-26-43(32-11-5-3-6-12-32)41-38(31)30-10-9-15-35(24-30)49(46,47)42-22-20-29(2)21-23-42/h3-19,24-26,29H,20-23,27H2,1-2H3/b36-25-. The van der Waals surface area contributed by atoms with Crippen molar-refractivity contribution in [2.24, 2.45) is 11.0 Å². The number of nitrogens with zero attached hydrogens (tertiary/aromatic N) is 5. The number of carbonyl (C=O) groups excluding carboxylic acids is 1. The van der Waals surface area contributed by atoms with Gasteiger partial charge in [0.1, 0.15) is 5.69 Å². The van der Waals surface area contributed by atoms with Crippen LogP contribution in [0.25, 0.3) is 23.0 Å². The van der Waals surface area contributed by atoms with Gasteiger partial charge in [-0.1, -0.05) is 73.2 Å². The van der Waals surface area contributed by atoms with Crippen LogP contribution in [-0.2, 0) is 14.8 Å². The predicted octanol–water partition coefficient (Wildman–Crippen LogP) is 7.85. The number of carbonyl (C=O) groups is 1. The van der Waals surface area contributed by atoms with Crippen molar-refractivity contribution in [1.82, 2.24) is 14.1 Å². The van der Waals surface area contributed by atoms with Gasteiger partial charge in [0.05, 0.1) is 27.6 Å². The maximum Gasteiger partial charge on any atom is 0.280 e. The number of anilines is 1. The van der Waals surface area contributed by atoms with E-state index < -0.39 is 10.0 Å². The first-order chi connectivity index (χ1) is 23.8. The van der Waals surface area contributed by atoms with Crippen LogP contribution in [0.2, 0.25) is 0 Å². The molecule has 0 bridgehead atoms. The van der Waals surface area contributed by atoms with Crippen molar-refractivity contribution in [3.05, 3.63) is 132 Å². The number of amides is 1. The van der Waals surface area contributed by atoms with E-state index in [4.69, 9.17) is 10.2 Å². The zero-order chi connectivity index (χ0) is 34.0. The van der Waals surface area contributed by atoms with E-state index in [0.29, 0.717) is 58.6 Å². The molecule has 1 fully saturated rings. The molecule has 2 aliphatic heterocycles. The number of aromatic nitrogens is 2. The number of aryl methyl sites for hydroxylation is 1. The van der Waals surface area contributed by atoms with Crippen molar-refractivity contribution >= 4 is 45.2 Å². The van der Waals surface area contributed by atoms with Gasteiger partial charge >= 0.3 is 0 Å². The zero-order valence-electron chi connectivity index (χ0n) is 27.4. The molecule has 0 spiro atoms. The Balaban J connectivity index is 1.30. The van der Waals surface area contributed by atoms with Crippen molar-refractivity contribution in [3.8, 4) is 16.9 Å². The van der Waals surface area contributed by atoms with Gasteiger partial charge in [-0.2, -0.15) is 19.5 Å². The number of rotatable bonds is 9. The maximum atomic E-state index is 14.1. The van der Waals surface area contributed by atoms with Crippen LogP contribution in [-0.4, -0.2) is 53.0 Å². The number of hydrogen-bond acceptors (Lipinski definition) is 6. The Morgan fingerprint density at radius 2 is 1.53 bits per heavy atom. The van der Waals surface area contributed by atoms with Gasteiger partial charge in [-0.15, -0.1) is 11.8 Å². The number of hydrazone groups is 1. The summed E-state index contributed by atoms with van der Waals surface area (Å²) in [4.78, 5) is 15.4. The lowest BCUT2D eigenvalue weighted by molar-refractivity contribution is -0.114. The normalized spacial score (nSPS) is 16.8. The van der Waals surface area contributed by atoms with Crippen molar-refractivity contribution in [2.45, 2.75) is 36.5 Å². The molecular formula is C39H37N5O3S2. The van der Waals surface area contributed by atoms with Crippen LogP contribution in [0.4, 0.5) is 5.69 Å². The van der Waals surface area contributed by atoms with E-state index in [1.165, 1.54) is 10.6 Å². The van der Waals surface area contributed by atoms with Crippen LogP contribution < -0.4 is 5.01 Å². The summed E-state index contributed by atoms with van der Waals surface area (Å²) < 4.78 is 30.9. The summed E-state index contributed by atoms with van der Waals surface area (Å²) in [5.41, 5.74) is 5.70. The molecule has 7 rings (SSSR count). The monoisotopic (exact) mass is 687 g/mol. The summed E-state index contributed by atoms with van der Waals surface area (Å²) in [7, 11) is -3.69. The molecule has 4 aromatic carbocycles. The summed E-state index contributed by atoms with van der Waals surface area (Å²) in [5, 5.41) is 11.2. The second-order valence-corrected chi connectivity index (χ2v) is 15.5. The molecule has 8 nitrogen and oxygen atoms in total. The highest BCUT2D eigenvalue weighted by Crippen LogP contribution is 2.33. The van der Waals surface area contributed by atoms with E-state index in [1.807, 2.05) is 79.0 Å². The number of piperidine rings is 1. The second kappa shape index (κ2) is 14.0. The molecule has 0 saturated carbocycles. The number of sulfonamides is 1. The third-order valence-corrected chi connectivity index (χ3v) is 11.8. The van der Waals surface area contributed by atoms with Gasteiger partial charge in [0.15, 0.2) is 0 Å². The Bertz CT molecular complexity index is 2140. The van der Waals surface area contributed by atoms with Crippen molar-refractivity contribution < 1.29 is 13.2 Å². The summed E-state index contributed by atoms with van der Waals surface area (Å²) in [6.07, 6.45) is 5.42. The highest BCUT2D eigenvalue weighted by Gasteiger charge is 2.32. The van der Waals surface area contributed by atoms with Gasteiger partial charge in [-0.3, -0.25) is 4.79 Å². The molecule has 2 aliphatic rings. The molecule has 0 aliphatic carbocycles. The van der Waals surface area contributed by atoms with Crippen LogP contribution in [0, 0.1) is 12.8 Å². The maximum absolute atomic E-state index is 14.1. The summed E-state index contributed by atoms with van der Waals surface area (Å²) in [6.45, 7) is 5.24. The predicted molar refractivity (Wildman–Crippen MR) is 197 cm³/mol. The quantitative estimate of drug-likeness (QED) is 0.116. The summed E-state index contributed by atoms with van der Waals surface area (Å²) in [6, 6.07) is 34.4. The smallest absolute Gasteiger partial charge is 0.267 e. The first-order valence-corrected chi connectivity index (χ1v) is 18.8. The Kier molecular flexibility index (Phi) is 9.35. The molecule has 10 heteroatoms. The lowest BCUT2D eigenvalue weighted by Crippen LogP contribution is -2.37. The molecule has 1 amide bonds. The average molecular weight is 688 g/mol. The highest BCUT2D eigenvalue weighted by molar-refractivity contribution is 8.00.